The highest BCUT2D eigenvalue weighted by Crippen LogP contribution is 2.46. The molecule has 1 nitrogen and oxygen atoms in total. The Bertz CT molecular complexity index is 1590. The van der Waals surface area contributed by atoms with Crippen molar-refractivity contribution in [2.75, 3.05) is 0 Å². The van der Waals surface area contributed by atoms with E-state index in [2.05, 4.69) is 78.9 Å². The van der Waals surface area contributed by atoms with Crippen LogP contribution >= 0.6 is 11.3 Å². The smallest absolute Gasteiger partial charge is 0.135 e. The van der Waals surface area contributed by atoms with Crippen LogP contribution in [0, 0.1) is 0 Å². The highest BCUT2D eigenvalue weighted by Gasteiger charge is 2.18. The quantitative estimate of drug-likeness (QED) is 0.192. The zero-order chi connectivity index (χ0) is 18.2. The molecule has 0 radical (unpaired) electrons. The monoisotopic (exact) mass is 374 g/mol. The first-order valence-corrected chi connectivity index (χ1v) is 10.3. The zero-order valence-electron chi connectivity index (χ0n) is 14.9. The highest BCUT2D eigenvalue weighted by molar-refractivity contribution is 7.25. The van der Waals surface area contributed by atoms with E-state index in [1.807, 2.05) is 17.4 Å². The Labute approximate surface area is 164 Å². The van der Waals surface area contributed by atoms with Crippen LogP contribution in [0.1, 0.15) is 0 Å². The van der Waals surface area contributed by atoms with Crippen LogP contribution in [0.4, 0.5) is 0 Å². The number of para-hydroxylation sites is 1. The van der Waals surface area contributed by atoms with Gasteiger partial charge < -0.3 is 4.42 Å². The number of fused-ring (bicyclic) bond motifs is 6. The van der Waals surface area contributed by atoms with Crippen molar-refractivity contribution >= 4 is 75.0 Å². The molecular weight excluding hydrogens is 360 g/mol. The first-order valence-electron chi connectivity index (χ1n) is 9.46. The van der Waals surface area contributed by atoms with Gasteiger partial charge in [-0.1, -0.05) is 60.7 Å². The van der Waals surface area contributed by atoms with E-state index < -0.39 is 0 Å². The lowest BCUT2D eigenvalue weighted by Gasteiger charge is -2.17. The maximum Gasteiger partial charge on any atom is 0.135 e. The van der Waals surface area contributed by atoms with Gasteiger partial charge in [0.15, 0.2) is 0 Å². The van der Waals surface area contributed by atoms with Gasteiger partial charge in [0.1, 0.15) is 11.2 Å². The summed E-state index contributed by atoms with van der Waals surface area (Å²) in [5.74, 6) is 0. The summed E-state index contributed by atoms with van der Waals surface area (Å²) in [6.07, 6.45) is 0. The third-order valence-electron chi connectivity index (χ3n) is 5.84. The lowest BCUT2D eigenvalue weighted by atomic mass is 9.91. The molecule has 5 aromatic carbocycles. The maximum absolute atomic E-state index is 6.33. The second-order valence-electron chi connectivity index (χ2n) is 7.30. The van der Waals surface area contributed by atoms with Gasteiger partial charge in [-0.05, 0) is 35.0 Å². The van der Waals surface area contributed by atoms with Crippen LogP contribution in [0.2, 0.25) is 0 Å². The molecule has 2 heteroatoms. The number of hydrogen-bond acceptors (Lipinski definition) is 2. The Balaban J connectivity index is 1.98. The Hall–Kier alpha value is -3.36. The van der Waals surface area contributed by atoms with Crippen molar-refractivity contribution < 1.29 is 4.42 Å². The molecule has 7 rings (SSSR count). The molecule has 0 fully saturated rings. The summed E-state index contributed by atoms with van der Waals surface area (Å²) in [6, 6.07) is 30.3. The standard InChI is InChI=1S/C26H14OS/c1-3-11-19-15(7-1)23-18-10-6-14-22-26(18)24(16-8-2-4-13-21(16)28-22)17-9-5-12-20(27-19)25(17)23/h1-14H. The minimum atomic E-state index is 0.937. The van der Waals surface area contributed by atoms with E-state index in [9.17, 15) is 0 Å². The molecule has 0 N–H and O–H groups in total. The molecule has 28 heavy (non-hydrogen) atoms. The van der Waals surface area contributed by atoms with Crippen LogP contribution in [0.15, 0.2) is 89.3 Å². The number of benzene rings is 5. The highest BCUT2D eigenvalue weighted by atomic mass is 32.1. The fourth-order valence-electron chi connectivity index (χ4n) is 4.75. The maximum atomic E-state index is 6.33. The lowest BCUT2D eigenvalue weighted by Crippen LogP contribution is -1.88. The molecule has 0 saturated heterocycles. The van der Waals surface area contributed by atoms with Crippen molar-refractivity contribution in [3.63, 3.8) is 0 Å². The molecule has 0 bridgehead atoms. The van der Waals surface area contributed by atoms with Gasteiger partial charge >= 0.3 is 0 Å². The van der Waals surface area contributed by atoms with Gasteiger partial charge in [0.25, 0.3) is 0 Å². The minimum Gasteiger partial charge on any atom is -0.456 e. The van der Waals surface area contributed by atoms with Gasteiger partial charge in [0.05, 0.1) is 0 Å². The Morgan fingerprint density at radius 3 is 1.96 bits per heavy atom. The molecule has 2 heterocycles. The van der Waals surface area contributed by atoms with E-state index in [1.54, 1.807) is 0 Å². The topological polar surface area (TPSA) is 13.1 Å². The van der Waals surface area contributed by atoms with Crippen molar-refractivity contribution in [1.29, 1.82) is 0 Å². The molecule has 2 aromatic heterocycles. The molecule has 0 amide bonds. The van der Waals surface area contributed by atoms with Crippen molar-refractivity contribution in [3.05, 3.63) is 84.9 Å². The van der Waals surface area contributed by atoms with Crippen LogP contribution in [0.25, 0.3) is 63.7 Å². The van der Waals surface area contributed by atoms with Crippen LogP contribution in [0.3, 0.4) is 0 Å². The van der Waals surface area contributed by atoms with Crippen LogP contribution in [0.5, 0.6) is 0 Å². The second kappa shape index (κ2) is 5.12. The Morgan fingerprint density at radius 1 is 0.429 bits per heavy atom. The molecule has 0 aliphatic rings. The largest absolute Gasteiger partial charge is 0.456 e. The minimum absolute atomic E-state index is 0.937. The Morgan fingerprint density at radius 2 is 1.04 bits per heavy atom. The van der Waals surface area contributed by atoms with E-state index in [0.717, 1.165) is 11.2 Å². The van der Waals surface area contributed by atoms with Crippen LogP contribution in [-0.4, -0.2) is 0 Å². The van der Waals surface area contributed by atoms with Gasteiger partial charge in [0.2, 0.25) is 0 Å². The average Bonchev–Trinajstić information content (AvgIpc) is 2.75. The molecule has 7 aromatic rings. The predicted octanol–water partition coefficient (Wildman–Crippen LogP) is 8.26. The van der Waals surface area contributed by atoms with Crippen molar-refractivity contribution in [2.24, 2.45) is 0 Å². The van der Waals surface area contributed by atoms with Gasteiger partial charge in [-0.15, -0.1) is 11.3 Å². The second-order valence-corrected chi connectivity index (χ2v) is 8.39. The molecule has 0 unspecified atom stereocenters. The summed E-state index contributed by atoms with van der Waals surface area (Å²) < 4.78 is 8.98. The molecular formula is C26H14OS. The van der Waals surface area contributed by atoms with E-state index in [0.29, 0.717) is 0 Å². The summed E-state index contributed by atoms with van der Waals surface area (Å²) >= 11 is 1.87. The molecule has 0 spiro atoms. The van der Waals surface area contributed by atoms with Gasteiger partial charge in [-0.3, -0.25) is 0 Å². The van der Waals surface area contributed by atoms with E-state index in [1.165, 1.54) is 52.5 Å². The fourth-order valence-corrected chi connectivity index (χ4v) is 5.88. The summed E-state index contributed by atoms with van der Waals surface area (Å²) in [5, 5.41) is 10.3. The summed E-state index contributed by atoms with van der Waals surface area (Å²) in [5.41, 5.74) is 1.89. The predicted molar refractivity (Wildman–Crippen MR) is 122 cm³/mol. The third kappa shape index (κ3) is 1.71. The summed E-state index contributed by atoms with van der Waals surface area (Å²) in [6.45, 7) is 0. The molecule has 0 saturated carbocycles. The van der Waals surface area contributed by atoms with Gasteiger partial charge in [0, 0.05) is 41.7 Å². The van der Waals surface area contributed by atoms with Crippen molar-refractivity contribution in [3.8, 4) is 0 Å². The lowest BCUT2D eigenvalue weighted by molar-refractivity contribution is 0.662. The van der Waals surface area contributed by atoms with E-state index in [4.69, 9.17) is 4.42 Å². The third-order valence-corrected chi connectivity index (χ3v) is 6.98. The summed E-state index contributed by atoms with van der Waals surface area (Å²) in [4.78, 5) is 0. The Kier molecular flexibility index (Phi) is 2.68. The molecule has 130 valence electrons. The van der Waals surface area contributed by atoms with Crippen molar-refractivity contribution in [2.45, 2.75) is 0 Å². The number of rotatable bonds is 0. The van der Waals surface area contributed by atoms with Crippen LogP contribution < -0.4 is 0 Å². The van der Waals surface area contributed by atoms with Crippen molar-refractivity contribution in [1.82, 2.24) is 0 Å². The molecule has 0 aliphatic heterocycles. The van der Waals surface area contributed by atoms with E-state index in [-0.39, 0.29) is 0 Å². The first-order chi connectivity index (χ1) is 13.9. The normalized spacial score (nSPS) is 12.3. The molecule has 0 atom stereocenters. The van der Waals surface area contributed by atoms with E-state index >= 15 is 0 Å². The average molecular weight is 374 g/mol. The van der Waals surface area contributed by atoms with Gasteiger partial charge in [-0.25, -0.2) is 0 Å². The zero-order valence-corrected chi connectivity index (χ0v) is 15.7. The fraction of sp³-hybridized carbons (Fsp3) is 0. The molecule has 0 aliphatic carbocycles. The first kappa shape index (κ1) is 14.7. The van der Waals surface area contributed by atoms with Gasteiger partial charge in [-0.2, -0.15) is 0 Å². The number of hydrogen-bond donors (Lipinski definition) is 0. The van der Waals surface area contributed by atoms with Crippen LogP contribution in [-0.2, 0) is 0 Å². The SMILES string of the molecule is c1ccc2c(c1)oc1cccc3c1c2c1cccc2sc4ccccc4c3c21. The summed E-state index contributed by atoms with van der Waals surface area (Å²) in [7, 11) is 0.